The van der Waals surface area contributed by atoms with E-state index in [9.17, 15) is 14.9 Å². The van der Waals surface area contributed by atoms with E-state index in [-0.39, 0.29) is 24.2 Å². The number of nitro groups is 1. The van der Waals surface area contributed by atoms with Crippen molar-refractivity contribution in [2.45, 2.75) is 46.3 Å². The van der Waals surface area contributed by atoms with Crippen LogP contribution in [0.3, 0.4) is 0 Å². The Labute approximate surface area is 133 Å². The van der Waals surface area contributed by atoms with Crippen LogP contribution in [0.25, 0.3) is 0 Å². The van der Waals surface area contributed by atoms with Gasteiger partial charge in [0.25, 0.3) is 0 Å². The molecule has 9 nitrogen and oxygen atoms in total. The van der Waals surface area contributed by atoms with Crippen molar-refractivity contribution in [2.24, 2.45) is 0 Å². The Balaban J connectivity index is 1.88. The smallest absolute Gasteiger partial charge is 0.358 e. The molecule has 0 aliphatic carbocycles. The predicted molar refractivity (Wildman–Crippen MR) is 82.7 cm³/mol. The molecule has 0 saturated heterocycles. The van der Waals surface area contributed by atoms with Gasteiger partial charge in [-0.05, 0) is 25.7 Å². The van der Waals surface area contributed by atoms with Gasteiger partial charge in [-0.15, -0.1) is 0 Å². The summed E-state index contributed by atoms with van der Waals surface area (Å²) >= 11 is 0. The summed E-state index contributed by atoms with van der Waals surface area (Å²) in [4.78, 5) is 22.0. The van der Waals surface area contributed by atoms with E-state index in [1.54, 1.807) is 0 Å². The summed E-state index contributed by atoms with van der Waals surface area (Å²) in [6.45, 7) is 6.88. The Morgan fingerprint density at radius 1 is 1.43 bits per heavy atom. The summed E-state index contributed by atoms with van der Waals surface area (Å²) in [5, 5.41) is 21.6. The fourth-order valence-electron chi connectivity index (χ4n) is 2.30. The molecule has 0 aromatic carbocycles. The second-order valence-corrected chi connectivity index (χ2v) is 5.26. The first-order valence-electron chi connectivity index (χ1n) is 7.41. The van der Waals surface area contributed by atoms with Gasteiger partial charge in [-0.25, -0.2) is 0 Å². The highest BCUT2D eigenvalue weighted by Gasteiger charge is 2.16. The van der Waals surface area contributed by atoms with Gasteiger partial charge in [-0.1, -0.05) is 0 Å². The number of hydrogen-bond acceptors (Lipinski definition) is 5. The van der Waals surface area contributed by atoms with Crippen LogP contribution in [0.5, 0.6) is 0 Å². The van der Waals surface area contributed by atoms with Gasteiger partial charge in [0.05, 0.1) is 35.6 Å². The Morgan fingerprint density at radius 2 is 2.17 bits per heavy atom. The van der Waals surface area contributed by atoms with Crippen LogP contribution >= 0.6 is 0 Å². The Hall–Kier alpha value is -2.71. The van der Waals surface area contributed by atoms with Crippen LogP contribution in [0.15, 0.2) is 18.5 Å². The summed E-state index contributed by atoms with van der Waals surface area (Å²) in [5.41, 5.74) is 1.87. The van der Waals surface area contributed by atoms with Crippen LogP contribution in [0.1, 0.15) is 37.6 Å². The lowest BCUT2D eigenvalue weighted by Crippen LogP contribution is -2.27. The molecule has 124 valence electrons. The van der Waals surface area contributed by atoms with E-state index in [1.807, 2.05) is 31.6 Å². The van der Waals surface area contributed by atoms with E-state index >= 15 is 0 Å². The molecule has 2 aromatic heterocycles. The zero-order chi connectivity index (χ0) is 17.0. The van der Waals surface area contributed by atoms with Crippen molar-refractivity contribution < 1.29 is 9.72 Å². The van der Waals surface area contributed by atoms with E-state index in [4.69, 9.17) is 0 Å². The van der Waals surface area contributed by atoms with Gasteiger partial charge >= 0.3 is 5.82 Å². The lowest BCUT2D eigenvalue weighted by molar-refractivity contribution is -0.389. The number of amides is 1. The summed E-state index contributed by atoms with van der Waals surface area (Å²) in [5.74, 6) is -0.360. The van der Waals surface area contributed by atoms with Gasteiger partial charge in [0.15, 0.2) is 0 Å². The molecule has 0 fully saturated rings. The number of nitrogens with zero attached hydrogens (tertiary/aromatic N) is 5. The molecule has 2 heterocycles. The second kappa shape index (κ2) is 7.03. The van der Waals surface area contributed by atoms with Gasteiger partial charge in [0.1, 0.15) is 0 Å². The highest BCUT2D eigenvalue weighted by atomic mass is 16.6. The Bertz CT molecular complexity index is 705. The first-order valence-corrected chi connectivity index (χ1v) is 7.41. The molecule has 1 amide bonds. The number of aryl methyl sites for hydroxylation is 3. The lowest BCUT2D eigenvalue weighted by Gasteiger charge is -2.12. The van der Waals surface area contributed by atoms with E-state index < -0.39 is 4.92 Å². The lowest BCUT2D eigenvalue weighted by atomic mass is 10.1. The largest absolute Gasteiger partial charge is 0.389 e. The van der Waals surface area contributed by atoms with Crippen LogP contribution in [0.2, 0.25) is 0 Å². The number of rotatable bonds is 7. The summed E-state index contributed by atoms with van der Waals surface area (Å²) in [7, 11) is 0. The molecule has 2 rings (SSSR count). The van der Waals surface area contributed by atoms with E-state index in [0.29, 0.717) is 6.54 Å². The number of carbonyl (C=O) groups excluding carboxylic acids is 1. The number of carbonyl (C=O) groups is 1. The first kappa shape index (κ1) is 16.7. The third kappa shape index (κ3) is 4.15. The van der Waals surface area contributed by atoms with Crippen LogP contribution in [0, 0.1) is 17.0 Å². The van der Waals surface area contributed by atoms with Crippen molar-refractivity contribution in [3.8, 4) is 0 Å². The molecular weight excluding hydrogens is 300 g/mol. The van der Waals surface area contributed by atoms with Crippen molar-refractivity contribution in [3.63, 3.8) is 0 Å². The van der Waals surface area contributed by atoms with Crippen LogP contribution < -0.4 is 5.32 Å². The second-order valence-electron chi connectivity index (χ2n) is 5.26. The molecule has 9 heteroatoms. The number of nitrogens with one attached hydrogen (secondary N) is 1. The van der Waals surface area contributed by atoms with Crippen molar-refractivity contribution >= 4 is 11.7 Å². The van der Waals surface area contributed by atoms with Crippen molar-refractivity contribution in [1.29, 1.82) is 0 Å². The maximum absolute atomic E-state index is 12.0. The molecule has 0 aliphatic rings. The van der Waals surface area contributed by atoms with Gasteiger partial charge in [0.2, 0.25) is 5.91 Å². The zero-order valence-electron chi connectivity index (χ0n) is 13.4. The molecule has 23 heavy (non-hydrogen) atoms. The highest BCUT2D eigenvalue weighted by Crippen LogP contribution is 2.16. The van der Waals surface area contributed by atoms with Gasteiger partial charge in [-0.2, -0.15) is 9.78 Å². The standard InChI is InChI=1S/C14H20N6O3/c1-4-18-9-12(11(3)16-18)10(2)15-14(21)6-8-19-7-5-13(17-19)20(22)23/h5,7,9-10H,4,6,8H2,1-3H3,(H,15,21). The molecule has 0 spiro atoms. The molecule has 1 atom stereocenters. The molecule has 1 unspecified atom stereocenters. The molecule has 2 aromatic rings. The quantitative estimate of drug-likeness (QED) is 0.615. The topological polar surface area (TPSA) is 108 Å². The third-order valence-electron chi connectivity index (χ3n) is 3.53. The SMILES string of the molecule is CCn1cc(C(C)NC(=O)CCn2ccc([N+](=O)[O-])n2)c(C)n1. The third-order valence-corrected chi connectivity index (χ3v) is 3.53. The van der Waals surface area contributed by atoms with Crippen molar-refractivity contribution in [2.75, 3.05) is 0 Å². The fourth-order valence-corrected chi connectivity index (χ4v) is 2.30. The summed E-state index contributed by atoms with van der Waals surface area (Å²) in [6, 6.07) is 1.16. The minimum absolute atomic E-state index is 0.140. The number of hydrogen-bond donors (Lipinski definition) is 1. The number of aromatic nitrogens is 4. The monoisotopic (exact) mass is 320 g/mol. The molecule has 0 saturated carbocycles. The molecular formula is C14H20N6O3. The maximum atomic E-state index is 12.0. The zero-order valence-corrected chi connectivity index (χ0v) is 13.4. The van der Waals surface area contributed by atoms with Gasteiger partial charge < -0.3 is 15.4 Å². The van der Waals surface area contributed by atoms with Gasteiger partial charge in [0, 0.05) is 24.7 Å². The van der Waals surface area contributed by atoms with Gasteiger partial charge in [-0.3, -0.25) is 9.48 Å². The van der Waals surface area contributed by atoms with Crippen LogP contribution in [-0.4, -0.2) is 30.4 Å². The summed E-state index contributed by atoms with van der Waals surface area (Å²) in [6.07, 6.45) is 3.62. The molecule has 0 radical (unpaired) electrons. The van der Waals surface area contributed by atoms with Crippen molar-refractivity contribution in [1.82, 2.24) is 24.9 Å². The van der Waals surface area contributed by atoms with Crippen LogP contribution in [-0.2, 0) is 17.9 Å². The maximum Gasteiger partial charge on any atom is 0.389 e. The van der Waals surface area contributed by atoms with Crippen LogP contribution in [0.4, 0.5) is 5.82 Å². The van der Waals surface area contributed by atoms with E-state index in [2.05, 4.69) is 15.5 Å². The predicted octanol–water partition coefficient (Wildman–Crippen LogP) is 1.58. The normalized spacial score (nSPS) is 12.1. The Morgan fingerprint density at radius 3 is 2.74 bits per heavy atom. The average Bonchev–Trinajstić information content (AvgIpc) is 3.11. The molecule has 0 aliphatic heterocycles. The minimum Gasteiger partial charge on any atom is -0.358 e. The fraction of sp³-hybridized carbons (Fsp3) is 0.500. The van der Waals surface area contributed by atoms with Crippen molar-refractivity contribution in [3.05, 3.63) is 39.8 Å². The Kier molecular flexibility index (Phi) is 5.09. The molecule has 1 N–H and O–H groups in total. The average molecular weight is 320 g/mol. The molecule has 0 bridgehead atoms. The van der Waals surface area contributed by atoms with E-state index in [1.165, 1.54) is 16.9 Å². The first-order chi connectivity index (χ1) is 10.9. The highest BCUT2D eigenvalue weighted by molar-refractivity contribution is 5.76. The minimum atomic E-state index is -0.563. The summed E-state index contributed by atoms with van der Waals surface area (Å²) < 4.78 is 3.22. The van der Waals surface area contributed by atoms with E-state index in [0.717, 1.165) is 17.8 Å².